The maximum Gasteiger partial charge on any atom is 0.248 e. The van der Waals surface area contributed by atoms with Crippen LogP contribution < -0.4 is 4.90 Å². The van der Waals surface area contributed by atoms with Gasteiger partial charge in [-0.3, -0.25) is 4.79 Å². The molecule has 0 aliphatic rings. The highest BCUT2D eigenvalue weighted by Gasteiger charge is 2.15. The third-order valence-electron chi connectivity index (χ3n) is 2.80. The van der Waals surface area contributed by atoms with Crippen molar-refractivity contribution in [1.82, 2.24) is 15.0 Å². The maximum absolute atomic E-state index is 12.9. The highest BCUT2D eigenvalue weighted by molar-refractivity contribution is 5.93. The largest absolute Gasteiger partial charge is 0.390 e. The molecule has 2 aromatic rings. The number of amides is 1. The topological polar surface area (TPSA) is 71.2 Å². The van der Waals surface area contributed by atoms with Crippen molar-refractivity contribution in [2.24, 2.45) is 0 Å². The number of aromatic nitrogens is 3. The Balaban J connectivity index is 2.10. The summed E-state index contributed by atoms with van der Waals surface area (Å²) in [7, 11) is 0. The average Bonchev–Trinajstić information content (AvgIpc) is 2.89. The summed E-state index contributed by atoms with van der Waals surface area (Å²) >= 11 is 0. The molecule has 0 saturated heterocycles. The van der Waals surface area contributed by atoms with Gasteiger partial charge in [-0.05, 0) is 31.2 Å². The second-order valence-electron chi connectivity index (χ2n) is 4.18. The lowest BCUT2D eigenvalue weighted by molar-refractivity contribution is -0.119. The molecule has 0 spiro atoms. The number of halogens is 1. The van der Waals surface area contributed by atoms with Gasteiger partial charge in [0, 0.05) is 12.2 Å². The smallest absolute Gasteiger partial charge is 0.248 e. The quantitative estimate of drug-likeness (QED) is 0.884. The number of benzene rings is 1. The summed E-state index contributed by atoms with van der Waals surface area (Å²) in [5.41, 5.74) is 1.03. The predicted molar refractivity (Wildman–Crippen MR) is 70.4 cm³/mol. The van der Waals surface area contributed by atoms with Crippen LogP contribution in [0.5, 0.6) is 0 Å². The summed E-state index contributed by atoms with van der Waals surface area (Å²) in [4.78, 5) is 13.7. The predicted octanol–water partition coefficient (Wildman–Crippen LogP) is 0.963. The Morgan fingerprint density at radius 3 is 2.65 bits per heavy atom. The number of carbonyl (C=O) groups excluding carboxylic acids is 1. The fraction of sp³-hybridized carbons (Fsp3) is 0.308. The molecular weight excluding hydrogens is 263 g/mol. The van der Waals surface area contributed by atoms with Crippen LogP contribution in [0.3, 0.4) is 0 Å². The molecule has 1 aromatic heterocycles. The first-order valence-corrected chi connectivity index (χ1v) is 6.20. The molecule has 1 aromatic carbocycles. The van der Waals surface area contributed by atoms with Crippen LogP contribution >= 0.6 is 0 Å². The lowest BCUT2D eigenvalue weighted by Gasteiger charge is -2.20. The molecule has 0 unspecified atom stereocenters. The monoisotopic (exact) mass is 278 g/mol. The number of anilines is 1. The van der Waals surface area contributed by atoms with Crippen LogP contribution in [-0.2, 0) is 17.9 Å². The van der Waals surface area contributed by atoms with Gasteiger partial charge in [-0.1, -0.05) is 5.21 Å². The Bertz CT molecular complexity index is 582. The molecule has 0 atom stereocenters. The van der Waals surface area contributed by atoms with Crippen molar-refractivity contribution < 1.29 is 14.3 Å². The van der Waals surface area contributed by atoms with Crippen LogP contribution in [-0.4, -0.2) is 32.6 Å². The Labute approximate surface area is 115 Å². The summed E-state index contributed by atoms with van der Waals surface area (Å²) in [6.45, 7) is 2.09. The fourth-order valence-electron chi connectivity index (χ4n) is 1.84. The number of likely N-dealkylation sites (N-methyl/N-ethyl adjacent to an activating group) is 1. The van der Waals surface area contributed by atoms with Gasteiger partial charge in [0.15, 0.2) is 0 Å². The molecule has 0 aliphatic heterocycles. The van der Waals surface area contributed by atoms with Crippen LogP contribution in [0.4, 0.5) is 10.1 Å². The van der Waals surface area contributed by atoms with Gasteiger partial charge in [-0.2, -0.15) is 0 Å². The molecule has 2 rings (SSSR count). The standard InChI is InChI=1S/C13H15FN4O2/c1-2-18(12-5-3-10(14)4-6-12)13(20)8-17-7-11(9-19)15-16-17/h3-7,19H,2,8-9H2,1H3. The highest BCUT2D eigenvalue weighted by atomic mass is 19.1. The molecule has 0 fully saturated rings. The van der Waals surface area contributed by atoms with E-state index < -0.39 is 0 Å². The average molecular weight is 278 g/mol. The number of hydrogen-bond donors (Lipinski definition) is 1. The van der Waals surface area contributed by atoms with Crippen molar-refractivity contribution in [3.63, 3.8) is 0 Å². The normalized spacial score (nSPS) is 10.6. The molecule has 0 saturated carbocycles. The molecular formula is C13H15FN4O2. The van der Waals surface area contributed by atoms with Crippen molar-refractivity contribution in [3.8, 4) is 0 Å². The number of aliphatic hydroxyl groups is 1. The summed E-state index contributed by atoms with van der Waals surface area (Å²) < 4.78 is 14.3. The van der Waals surface area contributed by atoms with Crippen LogP contribution in [0.1, 0.15) is 12.6 Å². The molecule has 0 bridgehead atoms. The van der Waals surface area contributed by atoms with E-state index in [1.807, 2.05) is 6.92 Å². The SMILES string of the molecule is CCN(C(=O)Cn1cc(CO)nn1)c1ccc(F)cc1. The Morgan fingerprint density at radius 1 is 1.40 bits per heavy atom. The first kappa shape index (κ1) is 14.1. The molecule has 1 N–H and O–H groups in total. The van der Waals surface area contributed by atoms with Crippen LogP contribution in [0, 0.1) is 5.82 Å². The van der Waals surface area contributed by atoms with E-state index in [-0.39, 0.29) is 24.9 Å². The van der Waals surface area contributed by atoms with Crippen LogP contribution in [0.25, 0.3) is 0 Å². The number of nitrogens with zero attached hydrogens (tertiary/aromatic N) is 4. The van der Waals surface area contributed by atoms with E-state index in [0.29, 0.717) is 17.9 Å². The van der Waals surface area contributed by atoms with Crippen LogP contribution in [0.15, 0.2) is 30.5 Å². The molecule has 0 aliphatic carbocycles. The zero-order valence-electron chi connectivity index (χ0n) is 11.0. The minimum atomic E-state index is -0.346. The van der Waals surface area contributed by atoms with Crippen molar-refractivity contribution in [2.75, 3.05) is 11.4 Å². The van der Waals surface area contributed by atoms with Crippen molar-refractivity contribution >= 4 is 11.6 Å². The molecule has 20 heavy (non-hydrogen) atoms. The molecule has 0 radical (unpaired) electrons. The van der Waals surface area contributed by atoms with Gasteiger partial charge in [-0.15, -0.1) is 5.10 Å². The van der Waals surface area contributed by atoms with E-state index in [1.54, 1.807) is 12.1 Å². The summed E-state index contributed by atoms with van der Waals surface area (Å²) in [6.07, 6.45) is 1.51. The number of aliphatic hydroxyl groups excluding tert-OH is 1. The minimum absolute atomic E-state index is 0.0121. The van der Waals surface area contributed by atoms with Crippen molar-refractivity contribution in [1.29, 1.82) is 0 Å². The molecule has 1 heterocycles. The zero-order valence-corrected chi connectivity index (χ0v) is 11.0. The third kappa shape index (κ3) is 3.18. The molecule has 106 valence electrons. The van der Waals surface area contributed by atoms with Gasteiger partial charge >= 0.3 is 0 Å². The Kier molecular flexibility index (Phi) is 4.41. The first-order chi connectivity index (χ1) is 9.63. The van der Waals surface area contributed by atoms with Gasteiger partial charge in [0.1, 0.15) is 18.1 Å². The maximum atomic E-state index is 12.9. The van der Waals surface area contributed by atoms with E-state index in [1.165, 1.54) is 27.9 Å². The van der Waals surface area contributed by atoms with E-state index in [2.05, 4.69) is 10.3 Å². The van der Waals surface area contributed by atoms with E-state index in [9.17, 15) is 9.18 Å². The van der Waals surface area contributed by atoms with E-state index in [0.717, 1.165) is 0 Å². The number of carbonyl (C=O) groups is 1. The van der Waals surface area contributed by atoms with Gasteiger partial charge < -0.3 is 10.0 Å². The van der Waals surface area contributed by atoms with Gasteiger partial charge in [0.05, 0.1) is 12.8 Å². The Hall–Kier alpha value is -2.28. The van der Waals surface area contributed by atoms with Crippen LogP contribution in [0.2, 0.25) is 0 Å². The van der Waals surface area contributed by atoms with Gasteiger partial charge in [0.2, 0.25) is 5.91 Å². The summed E-state index contributed by atoms with van der Waals surface area (Å²) in [6, 6.07) is 5.73. The second kappa shape index (κ2) is 6.25. The first-order valence-electron chi connectivity index (χ1n) is 6.20. The van der Waals surface area contributed by atoms with Gasteiger partial charge in [-0.25, -0.2) is 9.07 Å². The van der Waals surface area contributed by atoms with Crippen molar-refractivity contribution in [2.45, 2.75) is 20.1 Å². The number of rotatable bonds is 5. The van der Waals surface area contributed by atoms with Crippen molar-refractivity contribution in [3.05, 3.63) is 42.0 Å². The minimum Gasteiger partial charge on any atom is -0.390 e. The van der Waals surface area contributed by atoms with E-state index in [4.69, 9.17) is 5.11 Å². The second-order valence-corrected chi connectivity index (χ2v) is 4.18. The Morgan fingerprint density at radius 2 is 2.10 bits per heavy atom. The lowest BCUT2D eigenvalue weighted by atomic mass is 10.2. The summed E-state index contributed by atoms with van der Waals surface area (Å²) in [5, 5.41) is 16.3. The zero-order chi connectivity index (χ0) is 14.5. The fourth-order valence-corrected chi connectivity index (χ4v) is 1.84. The third-order valence-corrected chi connectivity index (χ3v) is 2.80. The molecule has 1 amide bonds. The molecule has 6 nitrogen and oxygen atoms in total. The highest BCUT2D eigenvalue weighted by Crippen LogP contribution is 2.15. The summed E-state index contributed by atoms with van der Waals surface area (Å²) in [5.74, 6) is -0.533. The number of hydrogen-bond acceptors (Lipinski definition) is 4. The lowest BCUT2D eigenvalue weighted by Crippen LogP contribution is -2.33. The van der Waals surface area contributed by atoms with Gasteiger partial charge in [0.25, 0.3) is 0 Å². The van der Waals surface area contributed by atoms with E-state index >= 15 is 0 Å². The molecule has 7 heteroatoms.